The topological polar surface area (TPSA) is 84.9 Å². The van der Waals surface area contributed by atoms with Gasteiger partial charge in [-0.15, -0.1) is 0 Å². The van der Waals surface area contributed by atoms with Crippen LogP contribution in [0, 0.1) is 11.8 Å². The number of benzene rings is 1. The molecule has 0 saturated carbocycles. The number of nitrogens with one attached hydrogen (secondary N) is 1. The average molecular weight is 502 g/mol. The van der Waals surface area contributed by atoms with Crippen molar-refractivity contribution >= 4 is 39.2 Å². The van der Waals surface area contributed by atoms with Crippen LogP contribution in [0.5, 0.6) is 0 Å². The quantitative estimate of drug-likeness (QED) is 0.363. The Kier molecular flexibility index (Phi) is 13.4. The number of aliphatic carboxylic acids is 1. The molecule has 0 aliphatic rings. The zero-order valence-corrected chi connectivity index (χ0v) is 23.9. The number of alkyl carbamates (subject to hydrolysis) is 1. The molecule has 0 heterocycles. The van der Waals surface area contributed by atoms with Crippen molar-refractivity contribution in [2.24, 2.45) is 11.8 Å². The molecule has 2 N–H and O–H groups in total. The molecule has 0 aromatic heterocycles. The van der Waals surface area contributed by atoms with Gasteiger partial charge in [0, 0.05) is 0 Å². The van der Waals surface area contributed by atoms with Crippen molar-refractivity contribution in [3.8, 4) is 0 Å². The summed E-state index contributed by atoms with van der Waals surface area (Å²) in [4.78, 5) is 25.0. The number of amides is 1. The molecule has 3 atom stereocenters. The first-order chi connectivity index (χ1) is 15.4. The first-order valence-corrected chi connectivity index (χ1v) is 15.3. The molecule has 35 heavy (non-hydrogen) atoms. The Morgan fingerprint density at radius 3 is 1.97 bits per heavy atom. The Hall–Kier alpha value is -1.27. The molecule has 0 bridgehead atoms. The molecule has 0 spiro atoms. The summed E-state index contributed by atoms with van der Waals surface area (Å²) in [5.74, 6) is -1.15. The van der Waals surface area contributed by atoms with E-state index in [0.29, 0.717) is 19.3 Å². The summed E-state index contributed by atoms with van der Waals surface area (Å²) < 4.78 is 12.4. The molecule has 1 amide bonds. The van der Waals surface area contributed by atoms with E-state index < -0.39 is 44.0 Å². The van der Waals surface area contributed by atoms with Gasteiger partial charge in [-0.05, 0) is 69.6 Å². The van der Waals surface area contributed by atoms with Gasteiger partial charge in [0.05, 0.1) is 18.1 Å². The van der Waals surface area contributed by atoms with Gasteiger partial charge in [0.15, 0.2) is 8.32 Å². The first kappa shape index (κ1) is 33.7. The number of hydrogen-bond acceptors (Lipinski definition) is 4. The number of ether oxygens (including phenoxy) is 1. The van der Waals surface area contributed by atoms with Gasteiger partial charge in [-0.3, -0.25) is 4.79 Å². The Bertz CT molecular complexity index is 787. The first-order valence-electron chi connectivity index (χ1n) is 12.4. The fourth-order valence-corrected chi connectivity index (χ4v) is 4.97. The van der Waals surface area contributed by atoms with Gasteiger partial charge >= 0.3 is 30.9 Å². The Balaban J connectivity index is 0.0000116. The predicted molar refractivity (Wildman–Crippen MR) is 148 cm³/mol. The van der Waals surface area contributed by atoms with E-state index in [4.69, 9.17) is 9.16 Å². The SMILES string of the molecule is CC(C)C[C@H](C[C@@H](O[Si](C)(C)C(C)(C)C)[C@H](Cc1ccccc1)NC(=O)OC(C)(C)C)C(=O)O.[LiH]. The molecule has 1 aromatic rings. The van der Waals surface area contributed by atoms with Crippen molar-refractivity contribution in [2.45, 2.75) is 111 Å². The number of carboxylic acids is 1. The van der Waals surface area contributed by atoms with E-state index >= 15 is 0 Å². The predicted octanol–water partition coefficient (Wildman–Crippen LogP) is 6.00. The summed E-state index contributed by atoms with van der Waals surface area (Å²) in [5, 5.41) is 13.0. The monoisotopic (exact) mass is 501 g/mol. The maximum absolute atomic E-state index is 12.8. The summed E-state index contributed by atoms with van der Waals surface area (Å²) in [6.07, 6.45) is 0.416. The van der Waals surface area contributed by atoms with Gasteiger partial charge in [0.1, 0.15) is 5.60 Å². The van der Waals surface area contributed by atoms with Gasteiger partial charge in [0.25, 0.3) is 0 Å². The molecular weight excluding hydrogens is 453 g/mol. The van der Waals surface area contributed by atoms with Crippen molar-refractivity contribution in [3.63, 3.8) is 0 Å². The van der Waals surface area contributed by atoms with Crippen LogP contribution in [0.25, 0.3) is 0 Å². The zero-order chi connectivity index (χ0) is 26.3. The van der Waals surface area contributed by atoms with E-state index in [9.17, 15) is 14.7 Å². The van der Waals surface area contributed by atoms with E-state index in [-0.39, 0.29) is 29.8 Å². The van der Waals surface area contributed by atoms with E-state index in [1.54, 1.807) is 0 Å². The molecule has 0 saturated heterocycles. The molecule has 196 valence electrons. The molecule has 0 radical (unpaired) electrons. The molecule has 0 fully saturated rings. The van der Waals surface area contributed by atoms with Crippen LogP contribution in [0.2, 0.25) is 18.1 Å². The van der Waals surface area contributed by atoms with E-state index in [2.05, 4.69) is 39.2 Å². The molecule has 1 aromatic carbocycles. The average Bonchev–Trinajstić information content (AvgIpc) is 2.64. The number of rotatable bonds is 11. The summed E-state index contributed by atoms with van der Waals surface area (Å²) in [6.45, 7) is 20.3. The van der Waals surface area contributed by atoms with E-state index in [1.807, 2.05) is 65.0 Å². The summed E-state index contributed by atoms with van der Waals surface area (Å²) in [6, 6.07) is 9.46. The minimum absolute atomic E-state index is 0. The van der Waals surface area contributed by atoms with Crippen LogP contribution in [0.15, 0.2) is 30.3 Å². The summed E-state index contributed by atoms with van der Waals surface area (Å²) in [7, 11) is -2.27. The summed E-state index contributed by atoms with van der Waals surface area (Å²) >= 11 is 0. The van der Waals surface area contributed by atoms with Crippen LogP contribution in [-0.4, -0.2) is 62.1 Å². The van der Waals surface area contributed by atoms with Crippen LogP contribution in [-0.2, 0) is 20.4 Å². The van der Waals surface area contributed by atoms with Gasteiger partial charge in [-0.25, -0.2) is 4.79 Å². The van der Waals surface area contributed by atoms with Gasteiger partial charge < -0.3 is 19.6 Å². The van der Waals surface area contributed by atoms with Gasteiger partial charge in [0.2, 0.25) is 0 Å². The number of carbonyl (C=O) groups excluding carboxylic acids is 1. The maximum atomic E-state index is 12.8. The molecule has 8 heteroatoms. The normalized spacial score (nSPS) is 15.1. The Labute approximate surface area is 226 Å². The Morgan fingerprint density at radius 2 is 1.54 bits per heavy atom. The third kappa shape index (κ3) is 12.5. The molecule has 0 aliphatic carbocycles. The van der Waals surface area contributed by atoms with Crippen LogP contribution < -0.4 is 5.32 Å². The van der Waals surface area contributed by atoms with Crippen LogP contribution in [0.1, 0.15) is 73.8 Å². The second kappa shape index (κ2) is 13.9. The third-order valence-electron chi connectivity index (χ3n) is 6.32. The van der Waals surface area contributed by atoms with Crippen molar-refractivity contribution in [1.29, 1.82) is 0 Å². The van der Waals surface area contributed by atoms with E-state index in [0.717, 1.165) is 5.56 Å². The second-order valence-corrected chi connectivity index (χ2v) is 17.0. The molecule has 6 nitrogen and oxygen atoms in total. The molecule has 0 aliphatic heterocycles. The van der Waals surface area contributed by atoms with E-state index in [1.165, 1.54) is 0 Å². The van der Waals surface area contributed by atoms with Crippen LogP contribution >= 0.6 is 0 Å². The number of carboxylic acid groups (broad SMARTS) is 1. The van der Waals surface area contributed by atoms with Crippen LogP contribution in [0.4, 0.5) is 4.79 Å². The zero-order valence-electron chi connectivity index (χ0n) is 22.9. The third-order valence-corrected chi connectivity index (χ3v) is 10.8. The second-order valence-electron chi connectivity index (χ2n) is 12.3. The molecule has 0 unspecified atom stereocenters. The molecular formula is C27H48LiNO5Si. The molecule has 1 rings (SSSR count). The minimum atomic E-state index is -2.27. The van der Waals surface area contributed by atoms with Gasteiger partial charge in [-0.1, -0.05) is 65.0 Å². The van der Waals surface area contributed by atoms with Crippen LogP contribution in [0.3, 0.4) is 0 Å². The number of hydrogen-bond donors (Lipinski definition) is 2. The van der Waals surface area contributed by atoms with Crippen molar-refractivity contribution in [3.05, 3.63) is 35.9 Å². The summed E-state index contributed by atoms with van der Waals surface area (Å²) in [5.41, 5.74) is 0.404. The standard InChI is InChI=1S/C27H47NO5Si.Li.H/c1-19(2)16-21(24(29)30)18-23(33-34(9,10)27(6,7)8)22(17-20-14-12-11-13-15-20)28-25(31)32-26(3,4)5;;/h11-15,19,21-23H,16-18H2,1-10H3,(H,28,31)(H,29,30);;/t21-,22+,23-;;/m1../s1. The Morgan fingerprint density at radius 1 is 1.00 bits per heavy atom. The fraction of sp³-hybridized carbons (Fsp3) is 0.704. The van der Waals surface area contributed by atoms with Crippen molar-refractivity contribution in [1.82, 2.24) is 5.32 Å². The van der Waals surface area contributed by atoms with Crippen molar-refractivity contribution in [2.75, 3.05) is 0 Å². The fourth-order valence-electron chi connectivity index (χ4n) is 3.60. The van der Waals surface area contributed by atoms with Gasteiger partial charge in [-0.2, -0.15) is 0 Å². The number of carbonyl (C=O) groups is 2. The van der Waals surface area contributed by atoms with Crippen molar-refractivity contribution < 1.29 is 23.9 Å².